The van der Waals surface area contributed by atoms with Gasteiger partial charge in [0.2, 0.25) is 0 Å². The van der Waals surface area contributed by atoms with Crippen LogP contribution in [0.2, 0.25) is 0 Å². The van der Waals surface area contributed by atoms with Crippen LogP contribution in [0.5, 0.6) is 0 Å². The lowest BCUT2D eigenvalue weighted by atomic mass is 10.1. The van der Waals surface area contributed by atoms with Gasteiger partial charge in [-0.25, -0.2) is 9.37 Å². The maximum absolute atomic E-state index is 13.1. The van der Waals surface area contributed by atoms with E-state index < -0.39 is 0 Å². The van der Waals surface area contributed by atoms with Crippen LogP contribution in [-0.2, 0) is 13.0 Å². The number of nitrogens with zero attached hydrogens (tertiary/aromatic N) is 2. The number of amides is 1. The van der Waals surface area contributed by atoms with Gasteiger partial charge in [-0.15, -0.1) is 0 Å². The molecule has 0 spiro atoms. The molecule has 1 aliphatic rings. The third kappa shape index (κ3) is 4.06. The molecule has 2 aromatic carbocycles. The lowest BCUT2D eigenvalue weighted by molar-refractivity contribution is 0.0940. The van der Waals surface area contributed by atoms with Gasteiger partial charge in [0.1, 0.15) is 11.6 Å². The summed E-state index contributed by atoms with van der Waals surface area (Å²) in [6.45, 7) is 2.55. The number of aryl methyl sites for hydroxylation is 1. The number of carbonyl (C=O) groups is 1. The molecule has 0 fully saturated rings. The van der Waals surface area contributed by atoms with E-state index in [9.17, 15) is 14.0 Å². The molecule has 5 nitrogen and oxygen atoms in total. The normalized spacial score (nSPS) is 15.2. The molecule has 1 aromatic heterocycles. The van der Waals surface area contributed by atoms with E-state index in [1.165, 1.54) is 12.1 Å². The largest absolute Gasteiger partial charge is 0.346 e. The molecule has 1 aliphatic heterocycles. The fourth-order valence-electron chi connectivity index (χ4n) is 3.85. The first-order valence-corrected chi connectivity index (χ1v) is 10.1. The third-order valence-corrected chi connectivity index (χ3v) is 5.55. The summed E-state index contributed by atoms with van der Waals surface area (Å²) in [7, 11) is 0. The Morgan fingerprint density at radius 2 is 1.86 bits per heavy atom. The Labute approximate surface area is 168 Å². The van der Waals surface area contributed by atoms with Crippen molar-refractivity contribution in [3.63, 3.8) is 0 Å². The fourth-order valence-corrected chi connectivity index (χ4v) is 3.85. The fraction of sp³-hybridized carbons (Fsp3) is 0.348. The highest BCUT2D eigenvalue weighted by Gasteiger charge is 2.16. The molecule has 4 rings (SSSR count). The van der Waals surface area contributed by atoms with E-state index in [0.29, 0.717) is 23.0 Å². The monoisotopic (exact) mass is 393 g/mol. The van der Waals surface area contributed by atoms with Crippen molar-refractivity contribution in [1.82, 2.24) is 14.9 Å². The van der Waals surface area contributed by atoms with Crippen molar-refractivity contribution in [2.45, 2.75) is 51.6 Å². The van der Waals surface area contributed by atoms with Crippen molar-refractivity contribution in [2.75, 3.05) is 0 Å². The molecule has 150 valence electrons. The van der Waals surface area contributed by atoms with Gasteiger partial charge in [0.25, 0.3) is 11.5 Å². The van der Waals surface area contributed by atoms with Crippen molar-refractivity contribution < 1.29 is 9.18 Å². The highest BCUT2D eigenvalue weighted by Crippen LogP contribution is 2.18. The van der Waals surface area contributed by atoms with Crippen LogP contribution in [0.25, 0.3) is 10.9 Å². The predicted octanol–water partition coefficient (Wildman–Crippen LogP) is 4.14. The number of halogens is 1. The average molecular weight is 393 g/mol. The molecule has 0 bridgehead atoms. The van der Waals surface area contributed by atoms with Crippen LogP contribution in [0, 0.1) is 5.82 Å². The van der Waals surface area contributed by atoms with E-state index in [2.05, 4.69) is 5.32 Å². The topological polar surface area (TPSA) is 64.0 Å². The predicted molar refractivity (Wildman–Crippen MR) is 110 cm³/mol. The first-order chi connectivity index (χ1) is 14.0. The first kappa shape index (κ1) is 19.3. The second-order valence-corrected chi connectivity index (χ2v) is 7.63. The van der Waals surface area contributed by atoms with Crippen molar-refractivity contribution in [3.8, 4) is 0 Å². The summed E-state index contributed by atoms with van der Waals surface area (Å²) >= 11 is 0. The highest BCUT2D eigenvalue weighted by atomic mass is 19.1. The molecule has 0 saturated heterocycles. The maximum Gasteiger partial charge on any atom is 0.261 e. The lowest BCUT2D eigenvalue weighted by Gasteiger charge is -2.17. The first-order valence-electron chi connectivity index (χ1n) is 10.1. The zero-order valence-corrected chi connectivity index (χ0v) is 16.5. The Morgan fingerprint density at radius 3 is 2.66 bits per heavy atom. The second-order valence-electron chi connectivity index (χ2n) is 7.63. The molecule has 1 amide bonds. The number of aromatic nitrogens is 2. The van der Waals surface area contributed by atoms with Gasteiger partial charge in [0, 0.05) is 18.5 Å². The van der Waals surface area contributed by atoms with Crippen LogP contribution in [0.1, 0.15) is 60.4 Å². The highest BCUT2D eigenvalue weighted by molar-refractivity contribution is 5.97. The number of benzene rings is 2. The molecule has 6 heteroatoms. The molecule has 0 saturated carbocycles. The van der Waals surface area contributed by atoms with Crippen molar-refractivity contribution in [1.29, 1.82) is 0 Å². The Kier molecular flexibility index (Phi) is 5.43. The molecule has 1 N–H and O–H groups in total. The maximum atomic E-state index is 13.1. The number of rotatable bonds is 3. The van der Waals surface area contributed by atoms with Crippen LogP contribution >= 0.6 is 0 Å². The summed E-state index contributed by atoms with van der Waals surface area (Å²) in [5.41, 5.74) is 1.80. The number of nitrogens with one attached hydrogen (secondary N) is 1. The van der Waals surface area contributed by atoms with E-state index >= 15 is 0 Å². The second kappa shape index (κ2) is 8.15. The minimum atomic E-state index is -0.311. The minimum Gasteiger partial charge on any atom is -0.346 e. The van der Waals surface area contributed by atoms with E-state index in [0.717, 1.165) is 43.5 Å². The molecule has 1 unspecified atom stereocenters. The summed E-state index contributed by atoms with van der Waals surface area (Å²) in [4.78, 5) is 30.3. The zero-order valence-electron chi connectivity index (χ0n) is 16.5. The Hall–Kier alpha value is -3.02. The molecular formula is C23H24FN3O2. The summed E-state index contributed by atoms with van der Waals surface area (Å²) in [6, 6.07) is 10.8. The molecular weight excluding hydrogens is 369 g/mol. The summed E-state index contributed by atoms with van der Waals surface area (Å²) < 4.78 is 14.9. The molecule has 2 heterocycles. The van der Waals surface area contributed by atoms with E-state index in [4.69, 9.17) is 4.98 Å². The summed E-state index contributed by atoms with van der Waals surface area (Å²) in [5.74, 6) is 0.241. The molecule has 29 heavy (non-hydrogen) atoms. The van der Waals surface area contributed by atoms with Crippen LogP contribution in [0.3, 0.4) is 0 Å². The third-order valence-electron chi connectivity index (χ3n) is 5.55. The Balaban J connectivity index is 1.62. The molecule has 0 aliphatic carbocycles. The minimum absolute atomic E-state index is 0.0291. The van der Waals surface area contributed by atoms with E-state index in [-0.39, 0.29) is 23.3 Å². The van der Waals surface area contributed by atoms with Crippen molar-refractivity contribution >= 4 is 16.8 Å². The van der Waals surface area contributed by atoms with Gasteiger partial charge in [-0.3, -0.25) is 14.2 Å². The van der Waals surface area contributed by atoms with Gasteiger partial charge in [-0.05, 0) is 55.7 Å². The van der Waals surface area contributed by atoms with Gasteiger partial charge in [0.05, 0.1) is 16.9 Å². The molecule has 1 atom stereocenters. The Bertz CT molecular complexity index is 1110. The average Bonchev–Trinajstić information content (AvgIpc) is 2.69. The van der Waals surface area contributed by atoms with Gasteiger partial charge < -0.3 is 5.32 Å². The standard InChI is InChI=1S/C23H24FN3O2/c1-15(16-7-10-18(24)11-8-16)25-22(28)17-9-12-19-20(14-17)26-21-6-4-2-3-5-13-27(21)23(19)29/h7-12,14-15H,2-6,13H2,1H3,(H,25,28). The lowest BCUT2D eigenvalue weighted by Crippen LogP contribution is -2.28. The van der Waals surface area contributed by atoms with Crippen molar-refractivity contribution in [3.05, 3.63) is 75.6 Å². The number of carbonyl (C=O) groups excluding carboxylic acids is 1. The van der Waals surface area contributed by atoms with E-state index in [1.54, 1.807) is 34.9 Å². The number of fused-ring (bicyclic) bond motifs is 2. The smallest absolute Gasteiger partial charge is 0.261 e. The Morgan fingerprint density at radius 1 is 1.10 bits per heavy atom. The van der Waals surface area contributed by atoms with Crippen LogP contribution in [0.15, 0.2) is 47.3 Å². The number of hydrogen-bond acceptors (Lipinski definition) is 3. The van der Waals surface area contributed by atoms with Gasteiger partial charge >= 0.3 is 0 Å². The SMILES string of the molecule is CC(NC(=O)c1ccc2c(=O)n3c(nc2c1)CCCCCC3)c1ccc(F)cc1. The van der Waals surface area contributed by atoms with Crippen LogP contribution in [0.4, 0.5) is 4.39 Å². The summed E-state index contributed by atoms with van der Waals surface area (Å²) in [6.07, 6.45) is 5.07. The molecule has 0 radical (unpaired) electrons. The van der Waals surface area contributed by atoms with Gasteiger partial charge in [-0.1, -0.05) is 25.0 Å². The van der Waals surface area contributed by atoms with Gasteiger partial charge in [-0.2, -0.15) is 0 Å². The molecule has 3 aromatic rings. The van der Waals surface area contributed by atoms with E-state index in [1.807, 2.05) is 6.92 Å². The number of hydrogen-bond donors (Lipinski definition) is 1. The quantitative estimate of drug-likeness (QED) is 0.727. The zero-order chi connectivity index (χ0) is 20.4. The van der Waals surface area contributed by atoms with Crippen molar-refractivity contribution in [2.24, 2.45) is 0 Å². The van der Waals surface area contributed by atoms with Gasteiger partial charge in [0.15, 0.2) is 0 Å². The van der Waals surface area contributed by atoms with Crippen LogP contribution in [-0.4, -0.2) is 15.5 Å². The summed E-state index contributed by atoms with van der Waals surface area (Å²) in [5, 5.41) is 3.46. The van der Waals surface area contributed by atoms with Crippen LogP contribution < -0.4 is 10.9 Å².